The molecule has 0 saturated heterocycles. The first kappa shape index (κ1) is 17.1. The Hall–Kier alpha value is -1.99. The quantitative estimate of drug-likeness (QED) is 0.559. The van der Waals surface area contributed by atoms with Crippen molar-refractivity contribution in [2.24, 2.45) is 0 Å². The Balaban J connectivity index is 3.24. The minimum absolute atomic E-state index is 0.00324. The summed E-state index contributed by atoms with van der Waals surface area (Å²) in [6.45, 7) is 3.77. The molecule has 0 saturated carbocycles. The van der Waals surface area contributed by atoms with Crippen LogP contribution < -0.4 is 0 Å². The van der Waals surface area contributed by atoms with E-state index < -0.39 is 18.2 Å². The second-order valence-electron chi connectivity index (χ2n) is 3.92. The van der Waals surface area contributed by atoms with E-state index in [0.717, 1.165) is 0 Å². The molecular formula is C14H19NO6. The third-order valence-corrected chi connectivity index (χ3v) is 2.52. The van der Waals surface area contributed by atoms with Crippen LogP contribution in [0.5, 0.6) is 0 Å². The van der Waals surface area contributed by atoms with E-state index in [1.807, 2.05) is 0 Å². The molecule has 116 valence electrons. The molecule has 7 nitrogen and oxygen atoms in total. The van der Waals surface area contributed by atoms with Crippen LogP contribution in [0.1, 0.15) is 46.7 Å². The normalized spacial score (nSPS) is 10.5. The number of pyridine rings is 1. The zero-order valence-corrected chi connectivity index (χ0v) is 12.5. The molecule has 0 N–H and O–H groups in total. The molecule has 0 bridgehead atoms. The van der Waals surface area contributed by atoms with Crippen molar-refractivity contribution in [2.45, 2.75) is 20.1 Å². The van der Waals surface area contributed by atoms with Gasteiger partial charge in [-0.05, 0) is 26.0 Å². The monoisotopic (exact) mass is 297 g/mol. The van der Waals surface area contributed by atoms with E-state index >= 15 is 0 Å². The fraction of sp³-hybridized carbons (Fsp3) is 0.500. The number of aromatic nitrogens is 1. The number of esters is 2. The van der Waals surface area contributed by atoms with E-state index in [9.17, 15) is 9.59 Å². The summed E-state index contributed by atoms with van der Waals surface area (Å²) in [6, 6.07) is 2.91. The number of hydrogen-bond acceptors (Lipinski definition) is 7. The van der Waals surface area contributed by atoms with Crippen molar-refractivity contribution in [1.29, 1.82) is 0 Å². The minimum atomic E-state index is -0.727. The molecule has 0 aliphatic rings. The third kappa shape index (κ3) is 4.51. The summed E-state index contributed by atoms with van der Waals surface area (Å²) >= 11 is 0. The Morgan fingerprint density at radius 1 is 1.00 bits per heavy atom. The van der Waals surface area contributed by atoms with Crippen molar-refractivity contribution < 1.29 is 28.5 Å². The predicted molar refractivity (Wildman–Crippen MR) is 72.9 cm³/mol. The van der Waals surface area contributed by atoms with Crippen LogP contribution in [-0.4, -0.2) is 44.4 Å². The van der Waals surface area contributed by atoms with Gasteiger partial charge in [0.25, 0.3) is 0 Å². The van der Waals surface area contributed by atoms with Crippen molar-refractivity contribution in [1.82, 2.24) is 4.98 Å². The van der Waals surface area contributed by atoms with Crippen molar-refractivity contribution in [3.05, 3.63) is 29.1 Å². The van der Waals surface area contributed by atoms with Crippen molar-refractivity contribution in [3.63, 3.8) is 0 Å². The first-order chi connectivity index (χ1) is 10.1. The molecule has 7 heteroatoms. The number of rotatable bonds is 7. The lowest BCUT2D eigenvalue weighted by Crippen LogP contribution is -2.15. The number of hydrogen-bond donors (Lipinski definition) is 0. The number of carbonyl (C=O) groups excluding carboxylic acids is 2. The molecule has 0 amide bonds. The standard InChI is InChI=1S/C14H19NO6/c1-5-20-12(16)10-7-9(14(18-3)19-4)8-11(15-10)13(17)21-6-2/h7-8,14H,5-6H2,1-4H3. The molecular weight excluding hydrogens is 278 g/mol. The predicted octanol–water partition coefficient (Wildman–Crippen LogP) is 1.73. The fourth-order valence-electron chi connectivity index (χ4n) is 1.68. The zero-order chi connectivity index (χ0) is 15.8. The molecule has 1 rings (SSSR count). The van der Waals surface area contributed by atoms with E-state index in [-0.39, 0.29) is 24.6 Å². The Kier molecular flexibility index (Phi) is 6.77. The van der Waals surface area contributed by atoms with Gasteiger partial charge in [0.15, 0.2) is 6.29 Å². The Morgan fingerprint density at radius 3 is 1.76 bits per heavy atom. The summed E-state index contributed by atoms with van der Waals surface area (Å²) in [5.74, 6) is -1.26. The van der Waals surface area contributed by atoms with Gasteiger partial charge >= 0.3 is 11.9 Å². The lowest BCUT2D eigenvalue weighted by molar-refractivity contribution is -0.106. The molecule has 1 aromatic heterocycles. The van der Waals surface area contributed by atoms with Gasteiger partial charge in [0.1, 0.15) is 11.4 Å². The van der Waals surface area contributed by atoms with E-state index in [4.69, 9.17) is 18.9 Å². The molecule has 0 atom stereocenters. The van der Waals surface area contributed by atoms with Crippen LogP contribution >= 0.6 is 0 Å². The van der Waals surface area contributed by atoms with E-state index in [1.54, 1.807) is 13.8 Å². The fourth-order valence-corrected chi connectivity index (χ4v) is 1.68. The Bertz CT molecular complexity index is 462. The van der Waals surface area contributed by atoms with Crippen LogP contribution in [0.15, 0.2) is 12.1 Å². The van der Waals surface area contributed by atoms with Crippen LogP contribution in [0.4, 0.5) is 0 Å². The smallest absolute Gasteiger partial charge is 0.356 e. The van der Waals surface area contributed by atoms with Gasteiger partial charge in [-0.25, -0.2) is 14.6 Å². The number of methoxy groups -OCH3 is 2. The molecule has 0 spiro atoms. The van der Waals surface area contributed by atoms with Crippen LogP contribution in [0.3, 0.4) is 0 Å². The van der Waals surface area contributed by atoms with Gasteiger partial charge in [-0.15, -0.1) is 0 Å². The average molecular weight is 297 g/mol. The first-order valence-electron chi connectivity index (χ1n) is 6.49. The highest BCUT2D eigenvalue weighted by atomic mass is 16.7. The number of ether oxygens (including phenoxy) is 4. The van der Waals surface area contributed by atoms with Gasteiger partial charge < -0.3 is 18.9 Å². The molecule has 0 fully saturated rings. The molecule has 0 aromatic carbocycles. The highest BCUT2D eigenvalue weighted by Crippen LogP contribution is 2.20. The van der Waals surface area contributed by atoms with E-state index in [0.29, 0.717) is 5.56 Å². The van der Waals surface area contributed by atoms with Gasteiger partial charge in [0.2, 0.25) is 0 Å². The van der Waals surface area contributed by atoms with Gasteiger partial charge in [0, 0.05) is 19.8 Å². The van der Waals surface area contributed by atoms with Crippen molar-refractivity contribution >= 4 is 11.9 Å². The van der Waals surface area contributed by atoms with Gasteiger partial charge in [0.05, 0.1) is 13.2 Å². The second kappa shape index (κ2) is 8.33. The lowest BCUT2D eigenvalue weighted by Gasteiger charge is -2.15. The van der Waals surface area contributed by atoms with E-state index in [1.165, 1.54) is 26.4 Å². The molecule has 1 aromatic rings. The summed E-state index contributed by atoms with van der Waals surface area (Å²) in [6.07, 6.45) is -0.727. The second-order valence-corrected chi connectivity index (χ2v) is 3.92. The van der Waals surface area contributed by atoms with Crippen molar-refractivity contribution in [2.75, 3.05) is 27.4 Å². The number of nitrogens with zero attached hydrogens (tertiary/aromatic N) is 1. The third-order valence-electron chi connectivity index (χ3n) is 2.52. The van der Waals surface area contributed by atoms with Gasteiger partial charge in [-0.1, -0.05) is 0 Å². The highest BCUT2D eigenvalue weighted by Gasteiger charge is 2.20. The average Bonchev–Trinajstić information content (AvgIpc) is 2.48. The first-order valence-corrected chi connectivity index (χ1v) is 6.49. The van der Waals surface area contributed by atoms with Gasteiger partial charge in [-0.2, -0.15) is 0 Å². The van der Waals surface area contributed by atoms with Crippen LogP contribution in [0.25, 0.3) is 0 Å². The topological polar surface area (TPSA) is 84.0 Å². The summed E-state index contributed by atoms with van der Waals surface area (Å²) < 4.78 is 20.0. The number of carbonyl (C=O) groups is 2. The highest BCUT2D eigenvalue weighted by molar-refractivity contribution is 5.92. The van der Waals surface area contributed by atoms with Crippen molar-refractivity contribution in [3.8, 4) is 0 Å². The van der Waals surface area contributed by atoms with E-state index in [2.05, 4.69) is 4.98 Å². The molecule has 21 heavy (non-hydrogen) atoms. The molecule has 0 radical (unpaired) electrons. The minimum Gasteiger partial charge on any atom is -0.461 e. The van der Waals surface area contributed by atoms with Crippen LogP contribution in [-0.2, 0) is 18.9 Å². The van der Waals surface area contributed by atoms with Crippen LogP contribution in [0.2, 0.25) is 0 Å². The Morgan fingerprint density at radius 2 is 1.43 bits per heavy atom. The largest absolute Gasteiger partial charge is 0.461 e. The summed E-state index contributed by atoms with van der Waals surface area (Å²) in [5.41, 5.74) is 0.467. The zero-order valence-electron chi connectivity index (χ0n) is 12.5. The van der Waals surface area contributed by atoms with Gasteiger partial charge in [-0.3, -0.25) is 0 Å². The van der Waals surface area contributed by atoms with Crippen LogP contribution in [0, 0.1) is 0 Å². The molecule has 0 aliphatic heterocycles. The SMILES string of the molecule is CCOC(=O)c1cc(C(OC)OC)cc(C(=O)OCC)n1. The Labute approximate surface area is 123 Å². The summed E-state index contributed by atoms with van der Waals surface area (Å²) in [5, 5.41) is 0. The molecule has 1 heterocycles. The maximum Gasteiger partial charge on any atom is 0.356 e. The molecule has 0 unspecified atom stereocenters. The maximum atomic E-state index is 11.8. The molecule has 0 aliphatic carbocycles. The summed E-state index contributed by atoms with van der Waals surface area (Å²) in [4.78, 5) is 27.6. The maximum absolute atomic E-state index is 11.8. The summed E-state index contributed by atoms with van der Waals surface area (Å²) in [7, 11) is 2.89. The lowest BCUT2D eigenvalue weighted by atomic mass is 10.1.